The van der Waals surface area contributed by atoms with Crippen molar-refractivity contribution in [3.63, 3.8) is 0 Å². The molecule has 2 aromatic carbocycles. The normalized spacial score (nSPS) is 15.1. The summed E-state index contributed by atoms with van der Waals surface area (Å²) in [6.45, 7) is 2.45. The quantitative estimate of drug-likeness (QED) is 0.721. The van der Waals surface area contributed by atoms with E-state index in [0.29, 0.717) is 38.3 Å². The SMILES string of the molecule is CCOc1ccc2c(c1)S(=O)c1ccc(OC)c(=C=O)c1=C2. The fourth-order valence-electron chi connectivity index (χ4n) is 2.49. The van der Waals surface area contributed by atoms with Crippen LogP contribution in [0.25, 0.3) is 6.08 Å². The van der Waals surface area contributed by atoms with E-state index in [1.807, 2.05) is 31.1 Å². The van der Waals surface area contributed by atoms with E-state index in [-0.39, 0.29) is 0 Å². The van der Waals surface area contributed by atoms with Crippen molar-refractivity contribution in [3.8, 4) is 11.5 Å². The molecule has 2 aromatic rings. The minimum Gasteiger partial charge on any atom is -0.495 e. The first-order chi connectivity index (χ1) is 10.7. The molecule has 1 aliphatic heterocycles. The van der Waals surface area contributed by atoms with Gasteiger partial charge < -0.3 is 9.47 Å². The van der Waals surface area contributed by atoms with E-state index in [0.717, 1.165) is 5.56 Å². The number of benzene rings is 2. The van der Waals surface area contributed by atoms with Gasteiger partial charge in [0, 0.05) is 5.22 Å². The smallest absolute Gasteiger partial charge is 0.137 e. The third kappa shape index (κ3) is 2.25. The van der Waals surface area contributed by atoms with Crippen LogP contribution in [0.4, 0.5) is 0 Å². The molecular weight excluding hydrogens is 300 g/mol. The van der Waals surface area contributed by atoms with Crippen LogP contribution in [0.5, 0.6) is 11.5 Å². The zero-order valence-corrected chi connectivity index (χ0v) is 13.0. The van der Waals surface area contributed by atoms with Crippen molar-refractivity contribution in [2.45, 2.75) is 16.7 Å². The van der Waals surface area contributed by atoms with E-state index in [4.69, 9.17) is 9.47 Å². The van der Waals surface area contributed by atoms with Crippen molar-refractivity contribution in [1.82, 2.24) is 0 Å². The first-order valence-electron chi connectivity index (χ1n) is 6.82. The second-order valence-electron chi connectivity index (χ2n) is 4.70. The Labute approximate surface area is 130 Å². The molecule has 1 atom stereocenters. The molecule has 0 saturated heterocycles. The van der Waals surface area contributed by atoms with E-state index in [1.165, 1.54) is 7.11 Å². The Kier molecular flexibility index (Phi) is 3.84. The second kappa shape index (κ2) is 5.79. The first-order valence-corrected chi connectivity index (χ1v) is 7.97. The molecule has 0 saturated carbocycles. The Morgan fingerprint density at radius 1 is 1.18 bits per heavy atom. The fraction of sp³-hybridized carbons (Fsp3) is 0.176. The molecule has 0 N–H and O–H groups in total. The van der Waals surface area contributed by atoms with Crippen LogP contribution in [0.1, 0.15) is 12.5 Å². The zero-order valence-electron chi connectivity index (χ0n) is 12.2. The van der Waals surface area contributed by atoms with Crippen LogP contribution in [-0.2, 0) is 15.6 Å². The lowest BCUT2D eigenvalue weighted by atomic mass is 10.1. The predicted molar refractivity (Wildman–Crippen MR) is 82.9 cm³/mol. The summed E-state index contributed by atoms with van der Waals surface area (Å²) in [6.07, 6.45) is 1.84. The van der Waals surface area contributed by atoms with Crippen LogP contribution in [0.3, 0.4) is 0 Å². The molecule has 112 valence electrons. The van der Waals surface area contributed by atoms with Crippen LogP contribution < -0.4 is 19.9 Å². The van der Waals surface area contributed by atoms with Crippen LogP contribution >= 0.6 is 0 Å². The Morgan fingerprint density at radius 2 is 2.00 bits per heavy atom. The second-order valence-corrected chi connectivity index (χ2v) is 6.12. The number of carbonyl (C=O) groups excluding carboxylic acids is 1. The van der Waals surface area contributed by atoms with Gasteiger partial charge in [0.2, 0.25) is 0 Å². The monoisotopic (exact) mass is 314 g/mol. The van der Waals surface area contributed by atoms with Gasteiger partial charge >= 0.3 is 0 Å². The molecule has 0 radical (unpaired) electrons. The molecule has 0 aliphatic carbocycles. The van der Waals surface area contributed by atoms with Gasteiger partial charge in [-0.15, -0.1) is 0 Å². The largest absolute Gasteiger partial charge is 0.495 e. The standard InChI is InChI=1S/C17H14O4S/c1-3-21-12-5-4-11-8-13-14(10-18)15(20-2)6-7-16(13)22(19)17(11)9-12/h4-9H,3H2,1-2H3. The predicted octanol–water partition coefficient (Wildman–Crippen LogP) is 0.906. The Morgan fingerprint density at radius 3 is 2.68 bits per heavy atom. The van der Waals surface area contributed by atoms with Gasteiger partial charge in [-0.2, -0.15) is 0 Å². The van der Waals surface area contributed by atoms with Gasteiger partial charge in [0.25, 0.3) is 0 Å². The first kappa shape index (κ1) is 14.6. The molecule has 0 fully saturated rings. The van der Waals surface area contributed by atoms with E-state index < -0.39 is 10.8 Å². The lowest BCUT2D eigenvalue weighted by molar-refractivity contribution is 0.339. The highest BCUT2D eigenvalue weighted by Gasteiger charge is 2.20. The van der Waals surface area contributed by atoms with Crippen molar-refractivity contribution < 1.29 is 18.5 Å². The van der Waals surface area contributed by atoms with E-state index in [1.54, 1.807) is 18.2 Å². The summed E-state index contributed by atoms with van der Waals surface area (Å²) in [5, 5.41) is 0.900. The van der Waals surface area contributed by atoms with Gasteiger partial charge in [-0.05, 0) is 42.8 Å². The van der Waals surface area contributed by atoms with Crippen LogP contribution in [0.15, 0.2) is 40.1 Å². The van der Waals surface area contributed by atoms with Gasteiger partial charge in [-0.3, -0.25) is 0 Å². The molecule has 0 aromatic heterocycles. The minimum atomic E-state index is -1.37. The highest BCUT2D eigenvalue weighted by atomic mass is 32.2. The van der Waals surface area contributed by atoms with Crippen LogP contribution in [-0.4, -0.2) is 23.9 Å². The maximum absolute atomic E-state index is 12.8. The van der Waals surface area contributed by atoms with Gasteiger partial charge in [0.05, 0.1) is 34.3 Å². The summed E-state index contributed by atoms with van der Waals surface area (Å²) in [6, 6.07) is 8.81. The Hall–Kier alpha value is -2.36. The summed E-state index contributed by atoms with van der Waals surface area (Å²) in [5.74, 6) is 3.00. The van der Waals surface area contributed by atoms with E-state index in [2.05, 4.69) is 0 Å². The zero-order chi connectivity index (χ0) is 15.7. The lowest BCUT2D eigenvalue weighted by Crippen LogP contribution is -2.33. The number of rotatable bonds is 3. The van der Waals surface area contributed by atoms with E-state index in [9.17, 15) is 9.00 Å². The van der Waals surface area contributed by atoms with Gasteiger partial charge in [0.15, 0.2) is 0 Å². The summed E-state index contributed by atoms with van der Waals surface area (Å²) in [4.78, 5) is 12.5. The molecule has 1 heterocycles. The maximum Gasteiger partial charge on any atom is 0.137 e. The van der Waals surface area contributed by atoms with Crippen molar-refractivity contribution >= 4 is 22.8 Å². The third-order valence-electron chi connectivity index (χ3n) is 3.48. The maximum atomic E-state index is 12.8. The molecule has 4 nitrogen and oxygen atoms in total. The molecule has 1 aliphatic rings. The number of ether oxygens (including phenoxy) is 2. The number of hydrogen-bond acceptors (Lipinski definition) is 4. The highest BCUT2D eigenvalue weighted by Crippen LogP contribution is 2.27. The summed E-state index contributed by atoms with van der Waals surface area (Å²) < 4.78 is 23.4. The van der Waals surface area contributed by atoms with Crippen molar-refractivity contribution in [2.75, 3.05) is 13.7 Å². The molecule has 0 bridgehead atoms. The molecule has 3 rings (SSSR count). The molecule has 0 amide bonds. The summed E-state index contributed by atoms with van der Waals surface area (Å²) in [5.41, 5.74) is 0.805. The van der Waals surface area contributed by atoms with Gasteiger partial charge in [0.1, 0.15) is 22.7 Å². The summed E-state index contributed by atoms with van der Waals surface area (Å²) in [7, 11) is 0.119. The number of hydrogen-bond donors (Lipinski definition) is 0. The lowest BCUT2D eigenvalue weighted by Gasteiger charge is -2.15. The minimum absolute atomic E-state index is 0.299. The summed E-state index contributed by atoms with van der Waals surface area (Å²) >= 11 is 0. The van der Waals surface area contributed by atoms with Crippen molar-refractivity contribution in [2.24, 2.45) is 0 Å². The van der Waals surface area contributed by atoms with Gasteiger partial charge in [-0.1, -0.05) is 6.07 Å². The molecule has 0 spiro atoms. The van der Waals surface area contributed by atoms with E-state index >= 15 is 0 Å². The fourth-order valence-corrected chi connectivity index (χ4v) is 3.84. The Balaban J connectivity index is 2.32. The molecule has 1 unspecified atom stereocenters. The molecule has 22 heavy (non-hydrogen) atoms. The topological polar surface area (TPSA) is 52.6 Å². The van der Waals surface area contributed by atoms with Gasteiger partial charge in [-0.25, -0.2) is 9.00 Å². The molecule has 5 heteroatoms. The highest BCUT2D eigenvalue weighted by molar-refractivity contribution is 7.85. The average Bonchev–Trinajstić information content (AvgIpc) is 2.54. The third-order valence-corrected chi connectivity index (χ3v) is 4.99. The number of methoxy groups -OCH3 is 1. The van der Waals surface area contributed by atoms with Crippen LogP contribution in [0, 0.1) is 0 Å². The van der Waals surface area contributed by atoms with Crippen molar-refractivity contribution in [1.29, 1.82) is 0 Å². The Bertz CT molecular complexity index is 911. The average molecular weight is 314 g/mol. The van der Waals surface area contributed by atoms with Crippen LogP contribution in [0.2, 0.25) is 0 Å². The molecular formula is C17H14O4S. The number of fused-ring (bicyclic) bond motifs is 2. The van der Waals surface area contributed by atoms with Crippen molar-refractivity contribution in [3.05, 3.63) is 46.3 Å².